The molecule has 3 aromatic rings. The van der Waals surface area contributed by atoms with E-state index in [1.165, 1.54) is 0 Å². The number of carbonyl (C=O) groups is 2. The van der Waals surface area contributed by atoms with Crippen LogP contribution in [0.5, 0.6) is 0 Å². The van der Waals surface area contributed by atoms with Crippen molar-refractivity contribution in [3.63, 3.8) is 0 Å². The molecule has 1 heterocycles. The standard InChI is InChI=1S/C21H22N2O3/c1-14(21(25)26)20(15-7-3-2-4-8-15)23-19(24)12-11-16-13-22-18-10-6-5-9-17(16)18/h2-10,13-14,20,22H,11-12H2,1H3,(H,23,24)(H,25,26)/t14-,20+/m1/s1. The van der Waals surface area contributed by atoms with Gasteiger partial charge in [0.2, 0.25) is 5.91 Å². The summed E-state index contributed by atoms with van der Waals surface area (Å²) in [4.78, 5) is 27.1. The largest absolute Gasteiger partial charge is 0.481 e. The summed E-state index contributed by atoms with van der Waals surface area (Å²) in [6.07, 6.45) is 2.82. The van der Waals surface area contributed by atoms with Crippen LogP contribution in [0.3, 0.4) is 0 Å². The van der Waals surface area contributed by atoms with E-state index in [0.29, 0.717) is 12.8 Å². The zero-order valence-electron chi connectivity index (χ0n) is 14.6. The number of aromatic amines is 1. The second kappa shape index (κ2) is 7.87. The number of hydrogen-bond acceptors (Lipinski definition) is 2. The smallest absolute Gasteiger partial charge is 0.308 e. The van der Waals surface area contributed by atoms with Gasteiger partial charge in [-0.05, 0) is 30.5 Å². The number of fused-ring (bicyclic) bond motifs is 1. The van der Waals surface area contributed by atoms with Gasteiger partial charge in [0, 0.05) is 23.5 Å². The maximum absolute atomic E-state index is 12.5. The van der Waals surface area contributed by atoms with Crippen LogP contribution in [-0.2, 0) is 16.0 Å². The van der Waals surface area contributed by atoms with Crippen LogP contribution in [0.2, 0.25) is 0 Å². The van der Waals surface area contributed by atoms with Gasteiger partial charge < -0.3 is 15.4 Å². The molecule has 0 aliphatic carbocycles. The Bertz CT molecular complexity index is 902. The predicted octanol–water partition coefficient (Wildman–Crippen LogP) is 3.68. The summed E-state index contributed by atoms with van der Waals surface area (Å²) in [6.45, 7) is 1.61. The van der Waals surface area contributed by atoms with Gasteiger partial charge in [0.15, 0.2) is 0 Å². The van der Waals surface area contributed by atoms with Crippen molar-refractivity contribution in [3.05, 3.63) is 71.9 Å². The van der Waals surface area contributed by atoms with Crippen LogP contribution < -0.4 is 5.32 Å². The third-order valence-electron chi connectivity index (χ3n) is 4.66. The number of benzene rings is 2. The number of amides is 1. The van der Waals surface area contributed by atoms with Crippen LogP contribution in [-0.4, -0.2) is 22.0 Å². The summed E-state index contributed by atoms with van der Waals surface area (Å²) in [6, 6.07) is 16.6. The van der Waals surface area contributed by atoms with Crippen molar-refractivity contribution in [2.75, 3.05) is 0 Å². The third-order valence-corrected chi connectivity index (χ3v) is 4.66. The lowest BCUT2D eigenvalue weighted by Crippen LogP contribution is -2.35. The molecule has 0 saturated carbocycles. The van der Waals surface area contributed by atoms with Gasteiger partial charge in [-0.2, -0.15) is 0 Å². The number of rotatable bonds is 7. The number of nitrogens with one attached hydrogen (secondary N) is 2. The maximum Gasteiger partial charge on any atom is 0.308 e. The van der Waals surface area contributed by atoms with E-state index < -0.39 is 17.9 Å². The molecule has 0 aliphatic rings. The van der Waals surface area contributed by atoms with E-state index in [1.54, 1.807) is 6.92 Å². The molecule has 134 valence electrons. The number of hydrogen-bond donors (Lipinski definition) is 3. The first-order chi connectivity index (χ1) is 12.6. The number of aryl methyl sites for hydroxylation is 1. The third kappa shape index (κ3) is 3.94. The first kappa shape index (κ1) is 17.7. The van der Waals surface area contributed by atoms with Crippen LogP contribution in [0.1, 0.15) is 30.5 Å². The fraction of sp³-hybridized carbons (Fsp3) is 0.238. The van der Waals surface area contributed by atoms with Crippen LogP contribution in [0.4, 0.5) is 0 Å². The highest BCUT2D eigenvalue weighted by Crippen LogP contribution is 2.23. The highest BCUT2D eigenvalue weighted by Gasteiger charge is 2.26. The quantitative estimate of drug-likeness (QED) is 0.608. The van der Waals surface area contributed by atoms with Crippen LogP contribution in [0.15, 0.2) is 60.8 Å². The molecule has 5 heteroatoms. The van der Waals surface area contributed by atoms with E-state index in [2.05, 4.69) is 10.3 Å². The molecule has 26 heavy (non-hydrogen) atoms. The van der Waals surface area contributed by atoms with Crippen LogP contribution >= 0.6 is 0 Å². The lowest BCUT2D eigenvalue weighted by Gasteiger charge is -2.23. The monoisotopic (exact) mass is 350 g/mol. The molecule has 0 spiro atoms. The SMILES string of the molecule is C[C@@H](C(=O)O)[C@H](NC(=O)CCc1c[nH]c2ccccc12)c1ccccc1. The molecule has 2 aromatic carbocycles. The highest BCUT2D eigenvalue weighted by molar-refractivity contribution is 5.84. The van der Waals surface area contributed by atoms with Gasteiger partial charge in [0.1, 0.15) is 0 Å². The number of H-pyrrole nitrogens is 1. The maximum atomic E-state index is 12.5. The lowest BCUT2D eigenvalue weighted by molar-refractivity contribution is -0.142. The van der Waals surface area contributed by atoms with E-state index in [9.17, 15) is 14.7 Å². The summed E-state index contributed by atoms with van der Waals surface area (Å²) in [5.74, 6) is -1.80. The fourth-order valence-corrected chi connectivity index (χ4v) is 3.13. The molecule has 0 aliphatic heterocycles. The molecule has 1 aromatic heterocycles. The summed E-state index contributed by atoms with van der Waals surface area (Å²) in [7, 11) is 0. The van der Waals surface area contributed by atoms with Gasteiger partial charge in [0.25, 0.3) is 0 Å². The van der Waals surface area contributed by atoms with Crippen molar-refractivity contribution in [1.82, 2.24) is 10.3 Å². The molecule has 1 amide bonds. The Morgan fingerprint density at radius 1 is 1.08 bits per heavy atom. The van der Waals surface area contributed by atoms with Gasteiger partial charge >= 0.3 is 5.97 Å². The van der Waals surface area contributed by atoms with Gasteiger partial charge in [-0.3, -0.25) is 9.59 Å². The average Bonchev–Trinajstić information content (AvgIpc) is 3.07. The Kier molecular flexibility index (Phi) is 5.37. The topological polar surface area (TPSA) is 82.2 Å². The summed E-state index contributed by atoms with van der Waals surface area (Å²) in [5.41, 5.74) is 2.92. The van der Waals surface area contributed by atoms with Crippen LogP contribution in [0, 0.1) is 5.92 Å². The minimum atomic E-state index is -0.934. The molecule has 0 radical (unpaired) electrons. The van der Waals surface area contributed by atoms with Gasteiger partial charge in [-0.15, -0.1) is 0 Å². The Labute approximate surface area is 152 Å². The molecular weight excluding hydrogens is 328 g/mol. The molecule has 0 bridgehead atoms. The summed E-state index contributed by atoms with van der Waals surface area (Å²) >= 11 is 0. The number of aliphatic carboxylic acids is 1. The lowest BCUT2D eigenvalue weighted by atomic mass is 9.94. The number of para-hydroxylation sites is 1. The molecule has 0 saturated heterocycles. The second-order valence-corrected chi connectivity index (χ2v) is 6.44. The first-order valence-corrected chi connectivity index (χ1v) is 8.68. The van der Waals surface area contributed by atoms with E-state index in [4.69, 9.17) is 0 Å². The summed E-state index contributed by atoms with van der Waals surface area (Å²) in [5, 5.41) is 13.4. The van der Waals surface area contributed by atoms with Crippen molar-refractivity contribution in [3.8, 4) is 0 Å². The van der Waals surface area contributed by atoms with Gasteiger partial charge in [-0.25, -0.2) is 0 Å². The van der Waals surface area contributed by atoms with Gasteiger partial charge in [-0.1, -0.05) is 48.5 Å². The second-order valence-electron chi connectivity index (χ2n) is 6.44. The van der Waals surface area contributed by atoms with Crippen molar-refractivity contribution >= 4 is 22.8 Å². The molecule has 3 N–H and O–H groups in total. The Morgan fingerprint density at radius 2 is 1.77 bits per heavy atom. The number of aromatic nitrogens is 1. The Balaban J connectivity index is 1.69. The highest BCUT2D eigenvalue weighted by atomic mass is 16.4. The normalized spacial score (nSPS) is 13.3. The van der Waals surface area contributed by atoms with Crippen molar-refractivity contribution in [2.24, 2.45) is 5.92 Å². The molecule has 0 fully saturated rings. The van der Waals surface area contributed by atoms with Crippen LogP contribution in [0.25, 0.3) is 10.9 Å². The van der Waals surface area contributed by atoms with Crippen molar-refractivity contribution in [2.45, 2.75) is 25.8 Å². The first-order valence-electron chi connectivity index (χ1n) is 8.68. The Hall–Kier alpha value is -3.08. The zero-order chi connectivity index (χ0) is 18.5. The van der Waals surface area contributed by atoms with Crippen molar-refractivity contribution < 1.29 is 14.7 Å². The minimum Gasteiger partial charge on any atom is -0.481 e. The number of carbonyl (C=O) groups excluding carboxylic acids is 1. The predicted molar refractivity (Wildman–Crippen MR) is 101 cm³/mol. The zero-order valence-corrected chi connectivity index (χ0v) is 14.6. The van der Waals surface area contributed by atoms with E-state index >= 15 is 0 Å². The van der Waals surface area contributed by atoms with E-state index in [1.807, 2.05) is 60.8 Å². The fourth-order valence-electron chi connectivity index (χ4n) is 3.13. The number of carboxylic acids is 1. The van der Waals surface area contributed by atoms with Gasteiger partial charge in [0.05, 0.1) is 12.0 Å². The number of carboxylic acid groups (broad SMARTS) is 1. The molecule has 2 atom stereocenters. The molecule has 0 unspecified atom stereocenters. The Morgan fingerprint density at radius 3 is 2.50 bits per heavy atom. The van der Waals surface area contributed by atoms with Crippen molar-refractivity contribution in [1.29, 1.82) is 0 Å². The minimum absolute atomic E-state index is 0.155. The van der Waals surface area contributed by atoms with E-state index in [0.717, 1.165) is 22.0 Å². The summed E-state index contributed by atoms with van der Waals surface area (Å²) < 4.78 is 0. The molecule has 3 rings (SSSR count). The molecular formula is C21H22N2O3. The molecule has 5 nitrogen and oxygen atoms in total. The van der Waals surface area contributed by atoms with E-state index in [-0.39, 0.29) is 5.91 Å². The average molecular weight is 350 g/mol.